The standard InChI is InChI=1S/C22H18ClF2NO4S/c1-12-14(11-31(26,27)28)8-9-16-19(12)21(13-4-2-5-15(23)10-13)29-17-6-3-7-18(20(16)17)30-22(24)25/h2-10,21-22H,11H2,1H3,(H2,26,27,28). The SMILES string of the molecule is Cc1c(CS(N)(=O)=O)ccc2c1C(c1cccc(Cl)c1)Oc1cccc(OC(F)F)c1-2. The molecule has 162 valence electrons. The molecule has 0 fully saturated rings. The van der Waals surface area contributed by atoms with Crippen LogP contribution in [0.1, 0.15) is 28.4 Å². The Morgan fingerprint density at radius 1 is 1.16 bits per heavy atom. The van der Waals surface area contributed by atoms with Crippen molar-refractivity contribution in [3.8, 4) is 22.6 Å². The summed E-state index contributed by atoms with van der Waals surface area (Å²) < 4.78 is 60.4. The van der Waals surface area contributed by atoms with Crippen LogP contribution >= 0.6 is 11.6 Å². The van der Waals surface area contributed by atoms with Crippen molar-refractivity contribution in [3.63, 3.8) is 0 Å². The summed E-state index contributed by atoms with van der Waals surface area (Å²) in [5.41, 5.74) is 3.48. The number of nitrogens with two attached hydrogens (primary N) is 1. The molecule has 0 spiro atoms. The van der Waals surface area contributed by atoms with Crippen molar-refractivity contribution in [2.75, 3.05) is 0 Å². The Morgan fingerprint density at radius 2 is 1.90 bits per heavy atom. The third-order valence-electron chi connectivity index (χ3n) is 5.12. The topological polar surface area (TPSA) is 78.6 Å². The van der Waals surface area contributed by atoms with E-state index in [1.54, 1.807) is 49.4 Å². The van der Waals surface area contributed by atoms with Gasteiger partial charge in [-0.2, -0.15) is 8.78 Å². The molecule has 1 aliphatic rings. The van der Waals surface area contributed by atoms with Gasteiger partial charge in [-0.25, -0.2) is 13.6 Å². The number of alkyl halides is 2. The van der Waals surface area contributed by atoms with Crippen LogP contribution in [0, 0.1) is 6.92 Å². The molecule has 0 saturated carbocycles. The third-order valence-corrected chi connectivity index (χ3v) is 6.06. The van der Waals surface area contributed by atoms with E-state index in [1.807, 2.05) is 6.07 Å². The highest BCUT2D eigenvalue weighted by molar-refractivity contribution is 7.88. The van der Waals surface area contributed by atoms with Gasteiger partial charge in [-0.3, -0.25) is 0 Å². The quantitative estimate of drug-likeness (QED) is 0.562. The normalized spacial score (nSPS) is 15.2. The van der Waals surface area contributed by atoms with Crippen LogP contribution in [0.25, 0.3) is 11.1 Å². The van der Waals surface area contributed by atoms with E-state index < -0.39 is 22.7 Å². The lowest BCUT2D eigenvalue weighted by molar-refractivity contribution is -0.0496. The number of benzene rings is 3. The highest BCUT2D eigenvalue weighted by atomic mass is 35.5. The minimum atomic E-state index is -3.79. The van der Waals surface area contributed by atoms with Gasteiger partial charge in [0.2, 0.25) is 10.0 Å². The molecule has 0 aromatic heterocycles. The lowest BCUT2D eigenvalue weighted by atomic mass is 9.84. The van der Waals surface area contributed by atoms with Gasteiger partial charge in [-0.1, -0.05) is 41.9 Å². The first-order valence-corrected chi connectivity index (χ1v) is 11.4. The average Bonchev–Trinajstić information content (AvgIpc) is 2.68. The molecule has 1 atom stereocenters. The maximum atomic E-state index is 13.0. The zero-order valence-corrected chi connectivity index (χ0v) is 17.9. The van der Waals surface area contributed by atoms with E-state index in [0.717, 1.165) is 5.56 Å². The van der Waals surface area contributed by atoms with Crippen molar-refractivity contribution >= 4 is 21.6 Å². The second kappa shape index (κ2) is 8.11. The predicted molar refractivity (Wildman–Crippen MR) is 114 cm³/mol. The number of hydrogen-bond donors (Lipinski definition) is 1. The smallest absolute Gasteiger partial charge is 0.387 e. The molecule has 0 amide bonds. The fourth-order valence-corrected chi connectivity index (χ4v) is 4.81. The number of sulfonamides is 1. The molecule has 1 unspecified atom stereocenters. The molecule has 0 aliphatic carbocycles. The summed E-state index contributed by atoms with van der Waals surface area (Å²) in [6.45, 7) is -1.26. The van der Waals surface area contributed by atoms with Crippen molar-refractivity contribution in [2.45, 2.75) is 25.4 Å². The molecule has 1 aliphatic heterocycles. The molecule has 1 heterocycles. The number of primary sulfonamides is 1. The van der Waals surface area contributed by atoms with Crippen LogP contribution in [-0.2, 0) is 15.8 Å². The zero-order valence-electron chi connectivity index (χ0n) is 16.3. The van der Waals surface area contributed by atoms with E-state index in [1.165, 1.54) is 6.07 Å². The van der Waals surface area contributed by atoms with Crippen molar-refractivity contribution < 1.29 is 26.7 Å². The Labute approximate surface area is 183 Å². The molecule has 4 rings (SSSR count). The molecule has 2 N–H and O–H groups in total. The largest absolute Gasteiger partial charge is 0.480 e. The summed E-state index contributed by atoms with van der Waals surface area (Å²) in [5.74, 6) is -0.0257. The zero-order chi connectivity index (χ0) is 22.3. The monoisotopic (exact) mass is 465 g/mol. The average molecular weight is 466 g/mol. The van der Waals surface area contributed by atoms with E-state index in [0.29, 0.717) is 38.6 Å². The summed E-state index contributed by atoms with van der Waals surface area (Å²) in [7, 11) is -3.79. The molecular weight excluding hydrogens is 448 g/mol. The Kier molecular flexibility index (Phi) is 5.63. The van der Waals surface area contributed by atoms with Crippen molar-refractivity contribution in [1.82, 2.24) is 0 Å². The Bertz CT molecular complexity index is 1260. The fourth-order valence-electron chi connectivity index (χ4n) is 3.86. The van der Waals surface area contributed by atoms with Crippen molar-refractivity contribution in [2.24, 2.45) is 5.14 Å². The molecule has 9 heteroatoms. The molecule has 0 bridgehead atoms. The minimum Gasteiger partial charge on any atom is -0.480 e. The number of hydrogen-bond acceptors (Lipinski definition) is 4. The van der Waals surface area contributed by atoms with E-state index in [-0.39, 0.29) is 11.5 Å². The fraction of sp³-hybridized carbons (Fsp3) is 0.182. The van der Waals surface area contributed by atoms with E-state index >= 15 is 0 Å². The van der Waals surface area contributed by atoms with E-state index in [4.69, 9.17) is 26.2 Å². The van der Waals surface area contributed by atoms with Crippen LogP contribution in [0.15, 0.2) is 54.6 Å². The number of ether oxygens (including phenoxy) is 2. The van der Waals surface area contributed by atoms with Crippen LogP contribution < -0.4 is 14.6 Å². The van der Waals surface area contributed by atoms with Crippen molar-refractivity contribution in [3.05, 3.63) is 81.9 Å². The highest BCUT2D eigenvalue weighted by Gasteiger charge is 2.33. The van der Waals surface area contributed by atoms with Gasteiger partial charge in [0.25, 0.3) is 0 Å². The summed E-state index contributed by atoms with van der Waals surface area (Å²) >= 11 is 6.18. The minimum absolute atomic E-state index is 0.0307. The van der Waals surface area contributed by atoms with E-state index in [9.17, 15) is 17.2 Å². The third kappa shape index (κ3) is 4.37. The second-order valence-corrected chi connectivity index (χ2v) is 9.23. The van der Waals surface area contributed by atoms with Crippen LogP contribution in [0.5, 0.6) is 11.5 Å². The summed E-state index contributed by atoms with van der Waals surface area (Å²) in [6.07, 6.45) is -0.636. The van der Waals surface area contributed by atoms with E-state index in [2.05, 4.69) is 0 Å². The van der Waals surface area contributed by atoms with Crippen LogP contribution in [0.4, 0.5) is 8.78 Å². The Balaban J connectivity index is 1.98. The highest BCUT2D eigenvalue weighted by Crippen LogP contribution is 2.50. The maximum Gasteiger partial charge on any atom is 0.387 e. The molecule has 3 aromatic carbocycles. The molecule has 0 radical (unpaired) electrons. The van der Waals surface area contributed by atoms with Crippen LogP contribution in [0.2, 0.25) is 5.02 Å². The summed E-state index contributed by atoms with van der Waals surface area (Å²) in [4.78, 5) is 0. The van der Waals surface area contributed by atoms with Gasteiger partial charge < -0.3 is 9.47 Å². The first kappa shape index (κ1) is 21.5. The van der Waals surface area contributed by atoms with Crippen LogP contribution in [0.3, 0.4) is 0 Å². The predicted octanol–water partition coefficient (Wildman–Crippen LogP) is 5.19. The molecular formula is C22H18ClF2NO4S. The second-order valence-electron chi connectivity index (χ2n) is 7.18. The van der Waals surface area contributed by atoms with Gasteiger partial charge in [0.05, 0.1) is 11.3 Å². The maximum absolute atomic E-state index is 13.0. The Morgan fingerprint density at radius 3 is 2.58 bits per heavy atom. The van der Waals surface area contributed by atoms with Crippen molar-refractivity contribution in [1.29, 1.82) is 0 Å². The van der Waals surface area contributed by atoms with Gasteiger partial charge >= 0.3 is 6.61 Å². The van der Waals surface area contributed by atoms with Crippen LogP contribution in [-0.4, -0.2) is 15.0 Å². The lowest BCUT2D eigenvalue weighted by Gasteiger charge is -2.32. The molecule has 0 saturated heterocycles. The van der Waals surface area contributed by atoms with Gasteiger partial charge in [-0.15, -0.1) is 0 Å². The summed E-state index contributed by atoms with van der Waals surface area (Å²) in [5, 5.41) is 5.76. The van der Waals surface area contributed by atoms with Gasteiger partial charge in [0.1, 0.15) is 17.6 Å². The molecule has 3 aromatic rings. The van der Waals surface area contributed by atoms with Gasteiger partial charge in [0, 0.05) is 10.6 Å². The lowest BCUT2D eigenvalue weighted by Crippen LogP contribution is -2.20. The van der Waals surface area contributed by atoms with Gasteiger partial charge in [-0.05, 0) is 53.4 Å². The number of rotatable bonds is 5. The molecule has 5 nitrogen and oxygen atoms in total. The Hall–Kier alpha value is -2.68. The number of halogens is 3. The summed E-state index contributed by atoms with van der Waals surface area (Å²) in [6, 6.07) is 15.1. The first-order valence-electron chi connectivity index (χ1n) is 9.27. The number of fused-ring (bicyclic) bond motifs is 3. The molecule has 31 heavy (non-hydrogen) atoms. The first-order chi connectivity index (χ1) is 14.6. The van der Waals surface area contributed by atoms with Gasteiger partial charge in [0.15, 0.2) is 0 Å².